The van der Waals surface area contributed by atoms with E-state index in [0.717, 1.165) is 41.3 Å². The number of azo groups is 1. The Morgan fingerprint density at radius 3 is 1.77 bits per heavy atom. The lowest BCUT2D eigenvalue weighted by molar-refractivity contribution is 0.304. The first kappa shape index (κ1) is 25.1. The number of aryl methyl sites for hydroxylation is 4. The van der Waals surface area contributed by atoms with Crippen LogP contribution in [0.2, 0.25) is 0 Å². The van der Waals surface area contributed by atoms with Crippen molar-refractivity contribution in [1.29, 1.82) is 0 Å². The molecule has 0 bridgehead atoms. The first-order valence-electron chi connectivity index (χ1n) is 12.2. The Bertz CT molecular complexity index is 803. The minimum atomic E-state index is 0.791. The van der Waals surface area contributed by atoms with Crippen molar-refractivity contribution in [1.82, 2.24) is 0 Å². The Balaban J connectivity index is 1.73. The van der Waals surface area contributed by atoms with E-state index in [9.17, 15) is 0 Å². The van der Waals surface area contributed by atoms with Gasteiger partial charge in [0.15, 0.2) is 0 Å². The molecular formula is C28H42N2O. The maximum Gasteiger partial charge on any atom is 0.119 e. The number of unbranched alkanes of at least 4 members (excludes halogenated alkanes) is 9. The number of hydrogen-bond donors (Lipinski definition) is 0. The van der Waals surface area contributed by atoms with Crippen LogP contribution >= 0.6 is 0 Å². The second-order valence-corrected chi connectivity index (χ2v) is 8.90. The fourth-order valence-electron chi connectivity index (χ4n) is 3.83. The fraction of sp³-hybridized carbons (Fsp3) is 0.571. The summed E-state index contributed by atoms with van der Waals surface area (Å²) in [5, 5.41) is 8.96. The minimum Gasteiger partial charge on any atom is -0.494 e. The van der Waals surface area contributed by atoms with Gasteiger partial charge in [-0.15, -0.1) is 0 Å². The third kappa shape index (κ3) is 9.25. The van der Waals surface area contributed by atoms with Crippen LogP contribution in [-0.4, -0.2) is 6.61 Å². The summed E-state index contributed by atoms with van der Waals surface area (Å²) in [6.45, 7) is 11.4. The molecule has 2 aromatic rings. The Morgan fingerprint density at radius 1 is 0.613 bits per heavy atom. The summed E-state index contributed by atoms with van der Waals surface area (Å²) < 4.78 is 6.01. The molecule has 0 saturated carbocycles. The molecule has 3 heteroatoms. The van der Waals surface area contributed by atoms with Crippen LogP contribution in [0.15, 0.2) is 40.6 Å². The SMILES string of the molecule is CCCCCCCCCCCCOc1cc(C)c(/N=N/c2ccc(C)c(C)c2)c(C)c1. The van der Waals surface area contributed by atoms with Gasteiger partial charge >= 0.3 is 0 Å². The van der Waals surface area contributed by atoms with Gasteiger partial charge in [-0.05, 0) is 80.6 Å². The predicted molar refractivity (Wildman–Crippen MR) is 133 cm³/mol. The molecule has 0 amide bonds. The second-order valence-electron chi connectivity index (χ2n) is 8.90. The molecule has 2 aromatic carbocycles. The average molecular weight is 423 g/mol. The molecule has 0 aliphatic rings. The maximum absolute atomic E-state index is 6.01. The number of nitrogens with zero attached hydrogens (tertiary/aromatic N) is 2. The van der Waals surface area contributed by atoms with Gasteiger partial charge < -0.3 is 4.74 Å². The van der Waals surface area contributed by atoms with Crippen LogP contribution in [-0.2, 0) is 0 Å². The van der Waals surface area contributed by atoms with Crippen LogP contribution in [0.25, 0.3) is 0 Å². The molecule has 0 radical (unpaired) electrons. The summed E-state index contributed by atoms with van der Waals surface area (Å²) in [5.41, 5.74) is 6.54. The smallest absolute Gasteiger partial charge is 0.119 e. The molecule has 0 heterocycles. The Morgan fingerprint density at radius 2 is 1.19 bits per heavy atom. The van der Waals surface area contributed by atoms with E-state index in [-0.39, 0.29) is 0 Å². The first-order chi connectivity index (χ1) is 15.0. The van der Waals surface area contributed by atoms with E-state index >= 15 is 0 Å². The first-order valence-corrected chi connectivity index (χ1v) is 12.2. The van der Waals surface area contributed by atoms with Crippen LogP contribution in [0.3, 0.4) is 0 Å². The lowest BCUT2D eigenvalue weighted by atomic mass is 10.1. The van der Waals surface area contributed by atoms with Gasteiger partial charge in [0.05, 0.1) is 18.0 Å². The minimum absolute atomic E-state index is 0.791. The molecule has 0 fully saturated rings. The predicted octanol–water partition coefficient (Wildman–Crippen LogP) is 9.64. The summed E-state index contributed by atoms with van der Waals surface area (Å²) in [7, 11) is 0. The molecule has 0 aromatic heterocycles. The van der Waals surface area contributed by atoms with Crippen molar-refractivity contribution in [2.24, 2.45) is 10.2 Å². The van der Waals surface area contributed by atoms with Crippen molar-refractivity contribution in [3.63, 3.8) is 0 Å². The summed E-state index contributed by atoms with van der Waals surface area (Å²) in [4.78, 5) is 0. The monoisotopic (exact) mass is 422 g/mol. The van der Waals surface area contributed by atoms with Gasteiger partial charge in [-0.3, -0.25) is 0 Å². The van der Waals surface area contributed by atoms with Gasteiger partial charge in [-0.1, -0.05) is 70.8 Å². The molecule has 3 nitrogen and oxygen atoms in total. The third-order valence-corrected chi connectivity index (χ3v) is 5.99. The second kappa shape index (κ2) is 14.0. The van der Waals surface area contributed by atoms with Crippen LogP contribution in [0, 0.1) is 27.7 Å². The Hall–Kier alpha value is -2.16. The van der Waals surface area contributed by atoms with E-state index in [1.165, 1.54) is 68.9 Å². The van der Waals surface area contributed by atoms with Crippen LogP contribution in [0.1, 0.15) is 93.4 Å². The zero-order chi connectivity index (χ0) is 22.5. The number of rotatable bonds is 14. The maximum atomic E-state index is 6.01. The molecule has 0 spiro atoms. The number of benzene rings is 2. The van der Waals surface area contributed by atoms with E-state index in [2.05, 4.69) is 69.1 Å². The highest BCUT2D eigenvalue weighted by Gasteiger charge is 2.06. The van der Waals surface area contributed by atoms with Crippen molar-refractivity contribution in [3.05, 3.63) is 52.6 Å². The lowest BCUT2D eigenvalue weighted by Crippen LogP contribution is -1.98. The quantitative estimate of drug-likeness (QED) is 0.220. The van der Waals surface area contributed by atoms with Gasteiger partial charge in [0.1, 0.15) is 5.75 Å². The zero-order valence-corrected chi connectivity index (χ0v) is 20.5. The van der Waals surface area contributed by atoms with Crippen molar-refractivity contribution in [2.75, 3.05) is 6.61 Å². The van der Waals surface area contributed by atoms with Crippen molar-refractivity contribution >= 4 is 11.4 Å². The van der Waals surface area contributed by atoms with E-state index in [1.807, 2.05) is 6.07 Å². The molecule has 0 unspecified atom stereocenters. The lowest BCUT2D eigenvalue weighted by Gasteiger charge is -2.10. The number of ether oxygens (including phenoxy) is 1. The highest BCUT2D eigenvalue weighted by Crippen LogP contribution is 2.30. The van der Waals surface area contributed by atoms with Gasteiger partial charge in [0, 0.05) is 0 Å². The molecule has 170 valence electrons. The van der Waals surface area contributed by atoms with E-state index < -0.39 is 0 Å². The molecule has 2 rings (SSSR count). The van der Waals surface area contributed by atoms with Crippen molar-refractivity contribution in [2.45, 2.75) is 98.8 Å². The highest BCUT2D eigenvalue weighted by atomic mass is 16.5. The fourth-order valence-corrected chi connectivity index (χ4v) is 3.83. The normalized spacial score (nSPS) is 11.4. The van der Waals surface area contributed by atoms with Crippen LogP contribution < -0.4 is 4.74 Å². The van der Waals surface area contributed by atoms with Gasteiger partial charge in [-0.2, -0.15) is 10.2 Å². The Kier molecular flexibility index (Phi) is 11.3. The van der Waals surface area contributed by atoms with Crippen LogP contribution in [0.5, 0.6) is 5.75 Å². The summed E-state index contributed by atoms with van der Waals surface area (Å²) in [5.74, 6) is 0.941. The van der Waals surface area contributed by atoms with E-state index in [4.69, 9.17) is 4.74 Å². The molecular weight excluding hydrogens is 380 g/mol. The largest absolute Gasteiger partial charge is 0.494 e. The van der Waals surface area contributed by atoms with E-state index in [1.54, 1.807) is 0 Å². The summed E-state index contributed by atoms with van der Waals surface area (Å²) in [6, 6.07) is 10.3. The number of hydrogen-bond acceptors (Lipinski definition) is 3. The standard InChI is InChI=1S/C28H42N2O/c1-6-7-8-9-10-11-12-13-14-15-18-31-27-20-24(4)28(25(5)21-27)30-29-26-17-16-22(2)23(3)19-26/h16-17,19-21H,6-15,18H2,1-5H3/b30-29+. The Labute approximate surface area is 190 Å². The molecule has 0 aliphatic carbocycles. The molecule has 31 heavy (non-hydrogen) atoms. The zero-order valence-electron chi connectivity index (χ0n) is 20.5. The van der Waals surface area contributed by atoms with Gasteiger partial charge in [0.2, 0.25) is 0 Å². The van der Waals surface area contributed by atoms with Gasteiger partial charge in [-0.25, -0.2) is 0 Å². The van der Waals surface area contributed by atoms with Crippen LogP contribution in [0.4, 0.5) is 11.4 Å². The molecule has 0 aliphatic heterocycles. The average Bonchev–Trinajstić information content (AvgIpc) is 2.74. The topological polar surface area (TPSA) is 34.0 Å². The highest BCUT2D eigenvalue weighted by molar-refractivity contribution is 5.55. The van der Waals surface area contributed by atoms with Crippen molar-refractivity contribution in [3.8, 4) is 5.75 Å². The molecule has 0 N–H and O–H groups in total. The summed E-state index contributed by atoms with van der Waals surface area (Å²) >= 11 is 0. The van der Waals surface area contributed by atoms with Gasteiger partial charge in [0.25, 0.3) is 0 Å². The van der Waals surface area contributed by atoms with E-state index in [0.29, 0.717) is 0 Å². The molecule has 0 atom stereocenters. The third-order valence-electron chi connectivity index (χ3n) is 5.99. The van der Waals surface area contributed by atoms with Crippen molar-refractivity contribution < 1.29 is 4.74 Å². The summed E-state index contributed by atoms with van der Waals surface area (Å²) in [6.07, 6.45) is 13.4. The molecule has 0 saturated heterocycles.